The van der Waals surface area contributed by atoms with E-state index in [-0.39, 0.29) is 0 Å². The number of rotatable bonds is 2. The Morgan fingerprint density at radius 1 is 1.05 bits per heavy atom. The Kier molecular flexibility index (Phi) is 2.51. The number of hydrogen-bond donors (Lipinski definition) is 1. The lowest BCUT2D eigenvalue weighted by molar-refractivity contribution is 0.439. The SMILES string of the molecule is CCn1c2ccccc2c2cc(-c3cc(N)on3)ccc21. The molecule has 0 saturated heterocycles. The number of benzene rings is 2. The number of nitrogens with two attached hydrogens (primary N) is 1. The molecule has 0 radical (unpaired) electrons. The molecule has 0 saturated carbocycles. The van der Waals surface area contributed by atoms with Crippen LogP contribution in [0.15, 0.2) is 53.1 Å². The second kappa shape index (κ2) is 4.38. The fourth-order valence-electron chi connectivity index (χ4n) is 2.98. The average molecular weight is 277 g/mol. The van der Waals surface area contributed by atoms with Crippen LogP contribution in [0.25, 0.3) is 33.1 Å². The first-order valence-corrected chi connectivity index (χ1v) is 7.01. The van der Waals surface area contributed by atoms with E-state index in [1.165, 1.54) is 21.8 Å². The van der Waals surface area contributed by atoms with E-state index in [2.05, 4.69) is 59.1 Å². The fraction of sp³-hybridized carbons (Fsp3) is 0.118. The highest BCUT2D eigenvalue weighted by Gasteiger charge is 2.11. The predicted molar refractivity (Wildman–Crippen MR) is 85.0 cm³/mol. The van der Waals surface area contributed by atoms with Crippen molar-refractivity contribution in [2.24, 2.45) is 0 Å². The second-order valence-electron chi connectivity index (χ2n) is 5.11. The topological polar surface area (TPSA) is 57.0 Å². The van der Waals surface area contributed by atoms with Crippen LogP contribution in [-0.4, -0.2) is 9.72 Å². The first kappa shape index (κ1) is 12.0. The molecule has 4 heteroatoms. The van der Waals surface area contributed by atoms with Gasteiger partial charge in [-0.1, -0.05) is 29.4 Å². The third-order valence-corrected chi connectivity index (χ3v) is 3.91. The number of fused-ring (bicyclic) bond motifs is 3. The molecule has 0 aliphatic rings. The molecule has 0 spiro atoms. The number of hydrogen-bond acceptors (Lipinski definition) is 3. The summed E-state index contributed by atoms with van der Waals surface area (Å²) in [5.74, 6) is 0.334. The van der Waals surface area contributed by atoms with Crippen molar-refractivity contribution in [1.29, 1.82) is 0 Å². The highest BCUT2D eigenvalue weighted by Crippen LogP contribution is 2.32. The van der Waals surface area contributed by atoms with Crippen molar-refractivity contribution in [1.82, 2.24) is 9.72 Å². The van der Waals surface area contributed by atoms with Crippen LogP contribution in [0.5, 0.6) is 0 Å². The molecule has 2 heterocycles. The minimum absolute atomic E-state index is 0.334. The first-order valence-electron chi connectivity index (χ1n) is 7.01. The Morgan fingerprint density at radius 2 is 1.86 bits per heavy atom. The molecule has 0 amide bonds. The molecule has 4 nitrogen and oxygen atoms in total. The van der Waals surface area contributed by atoms with Gasteiger partial charge in [-0.2, -0.15) is 0 Å². The van der Waals surface area contributed by atoms with Crippen LogP contribution < -0.4 is 5.73 Å². The molecule has 21 heavy (non-hydrogen) atoms. The molecule has 0 bridgehead atoms. The van der Waals surface area contributed by atoms with Crippen molar-refractivity contribution >= 4 is 27.7 Å². The normalized spacial score (nSPS) is 11.5. The molecule has 0 aliphatic heterocycles. The quantitative estimate of drug-likeness (QED) is 0.601. The highest BCUT2D eigenvalue weighted by atomic mass is 16.5. The summed E-state index contributed by atoms with van der Waals surface area (Å²) in [7, 11) is 0. The fourth-order valence-corrected chi connectivity index (χ4v) is 2.98. The minimum Gasteiger partial charge on any atom is -0.368 e. The van der Waals surface area contributed by atoms with E-state index in [1.54, 1.807) is 6.07 Å². The first-order chi connectivity index (χ1) is 10.3. The zero-order valence-corrected chi connectivity index (χ0v) is 11.7. The molecule has 4 rings (SSSR count). The number of nitrogen functional groups attached to an aromatic ring is 1. The number of aromatic nitrogens is 2. The number of nitrogens with zero attached hydrogens (tertiary/aromatic N) is 2. The largest absolute Gasteiger partial charge is 0.368 e. The van der Waals surface area contributed by atoms with Crippen LogP contribution >= 0.6 is 0 Å². The molecular weight excluding hydrogens is 262 g/mol. The van der Waals surface area contributed by atoms with Crippen molar-refractivity contribution in [3.63, 3.8) is 0 Å². The van der Waals surface area contributed by atoms with Crippen molar-refractivity contribution < 1.29 is 4.52 Å². The van der Waals surface area contributed by atoms with Gasteiger partial charge in [0.2, 0.25) is 5.88 Å². The molecule has 0 aliphatic carbocycles. The van der Waals surface area contributed by atoms with Crippen molar-refractivity contribution in [2.75, 3.05) is 5.73 Å². The highest BCUT2D eigenvalue weighted by molar-refractivity contribution is 6.09. The van der Waals surface area contributed by atoms with E-state index in [9.17, 15) is 0 Å². The summed E-state index contributed by atoms with van der Waals surface area (Å²) in [5.41, 5.74) is 9.89. The summed E-state index contributed by atoms with van der Waals surface area (Å²) >= 11 is 0. The Hall–Kier alpha value is -2.75. The van der Waals surface area contributed by atoms with Gasteiger partial charge < -0.3 is 14.8 Å². The maximum atomic E-state index is 5.61. The van der Waals surface area contributed by atoms with E-state index in [1.807, 2.05) is 0 Å². The molecule has 2 N–H and O–H groups in total. The molecule has 2 aromatic heterocycles. The van der Waals surface area contributed by atoms with Gasteiger partial charge in [0.15, 0.2) is 0 Å². The van der Waals surface area contributed by atoms with Gasteiger partial charge in [0, 0.05) is 40.0 Å². The van der Waals surface area contributed by atoms with Gasteiger partial charge in [-0.15, -0.1) is 0 Å². The van der Waals surface area contributed by atoms with E-state index in [0.29, 0.717) is 5.88 Å². The Labute approximate surface area is 121 Å². The third kappa shape index (κ3) is 1.72. The molecule has 0 atom stereocenters. The van der Waals surface area contributed by atoms with Gasteiger partial charge in [0.25, 0.3) is 0 Å². The van der Waals surface area contributed by atoms with Gasteiger partial charge >= 0.3 is 0 Å². The van der Waals surface area contributed by atoms with Crippen molar-refractivity contribution in [3.05, 3.63) is 48.5 Å². The smallest absolute Gasteiger partial charge is 0.222 e. The summed E-state index contributed by atoms with van der Waals surface area (Å²) in [5, 5.41) is 6.48. The van der Waals surface area contributed by atoms with Crippen molar-refractivity contribution in [2.45, 2.75) is 13.5 Å². The van der Waals surface area contributed by atoms with Gasteiger partial charge in [-0.3, -0.25) is 0 Å². The zero-order valence-electron chi connectivity index (χ0n) is 11.7. The van der Waals surface area contributed by atoms with E-state index < -0.39 is 0 Å². The van der Waals surface area contributed by atoms with Crippen LogP contribution in [0.1, 0.15) is 6.92 Å². The maximum absolute atomic E-state index is 5.61. The summed E-state index contributed by atoms with van der Waals surface area (Å²) in [6.45, 7) is 3.11. The lowest BCUT2D eigenvalue weighted by Crippen LogP contribution is -1.92. The lowest BCUT2D eigenvalue weighted by atomic mass is 10.1. The third-order valence-electron chi connectivity index (χ3n) is 3.91. The minimum atomic E-state index is 0.334. The van der Waals surface area contributed by atoms with Gasteiger partial charge in [-0.05, 0) is 25.1 Å². The van der Waals surface area contributed by atoms with Gasteiger partial charge in [0.05, 0.1) is 0 Å². The molecule has 4 aromatic rings. The van der Waals surface area contributed by atoms with Gasteiger partial charge in [0.1, 0.15) is 5.69 Å². The van der Waals surface area contributed by atoms with Crippen LogP contribution in [0, 0.1) is 0 Å². The molecule has 0 fully saturated rings. The predicted octanol–water partition coefficient (Wildman–Crippen LogP) is 4.05. The zero-order chi connectivity index (χ0) is 14.4. The Bertz CT molecular complexity index is 949. The monoisotopic (exact) mass is 277 g/mol. The van der Waals surface area contributed by atoms with Crippen LogP contribution in [0.4, 0.5) is 5.88 Å². The molecule has 104 valence electrons. The van der Waals surface area contributed by atoms with Gasteiger partial charge in [-0.25, -0.2) is 0 Å². The Morgan fingerprint density at radius 3 is 2.62 bits per heavy atom. The van der Waals surface area contributed by atoms with Crippen LogP contribution in [-0.2, 0) is 6.54 Å². The van der Waals surface area contributed by atoms with Crippen molar-refractivity contribution in [3.8, 4) is 11.3 Å². The van der Waals surface area contributed by atoms with E-state index in [0.717, 1.165) is 17.8 Å². The van der Waals surface area contributed by atoms with E-state index >= 15 is 0 Å². The maximum Gasteiger partial charge on any atom is 0.222 e. The average Bonchev–Trinajstić information content (AvgIpc) is 3.08. The van der Waals surface area contributed by atoms with Crippen LogP contribution in [0.2, 0.25) is 0 Å². The summed E-state index contributed by atoms with van der Waals surface area (Å²) in [6, 6.07) is 16.6. The Balaban J connectivity index is 2.05. The molecule has 2 aromatic carbocycles. The van der Waals surface area contributed by atoms with Crippen LogP contribution in [0.3, 0.4) is 0 Å². The number of para-hydroxylation sites is 1. The summed E-state index contributed by atoms with van der Waals surface area (Å²) < 4.78 is 7.29. The number of aryl methyl sites for hydroxylation is 1. The lowest BCUT2D eigenvalue weighted by Gasteiger charge is -2.03. The van der Waals surface area contributed by atoms with E-state index in [4.69, 9.17) is 10.3 Å². The summed E-state index contributed by atoms with van der Waals surface area (Å²) in [6.07, 6.45) is 0. The molecule has 0 unspecified atom stereocenters. The second-order valence-corrected chi connectivity index (χ2v) is 5.11. The molecular formula is C17H15N3O. The number of anilines is 1. The standard InChI is InChI=1S/C17H15N3O/c1-2-20-15-6-4-3-5-12(15)13-9-11(7-8-16(13)20)14-10-17(18)21-19-14/h3-10H,2,18H2,1H3. The summed E-state index contributed by atoms with van der Waals surface area (Å²) in [4.78, 5) is 0.